The monoisotopic (exact) mass is 184 g/mol. The van der Waals surface area contributed by atoms with Gasteiger partial charge >= 0.3 is 0 Å². The normalized spacial score (nSPS) is 9.83. The van der Waals surface area contributed by atoms with Gasteiger partial charge in [-0.2, -0.15) is 0 Å². The number of rotatable bonds is 1. The van der Waals surface area contributed by atoms with Crippen LogP contribution in [0, 0.1) is 6.92 Å². The number of hydrogen-bond donors (Lipinski definition) is 2. The van der Waals surface area contributed by atoms with E-state index < -0.39 is 5.91 Å². The van der Waals surface area contributed by atoms with Crippen LogP contribution in [0.25, 0.3) is 0 Å². The van der Waals surface area contributed by atoms with E-state index in [0.717, 1.165) is 0 Å². The van der Waals surface area contributed by atoms with Gasteiger partial charge in [0.05, 0.1) is 5.56 Å². The third-order valence-electron chi connectivity index (χ3n) is 1.71. The van der Waals surface area contributed by atoms with E-state index >= 15 is 0 Å². The van der Waals surface area contributed by atoms with Crippen LogP contribution in [0.15, 0.2) is 12.1 Å². The van der Waals surface area contributed by atoms with Crippen molar-refractivity contribution in [3.63, 3.8) is 0 Å². The molecule has 0 spiro atoms. The van der Waals surface area contributed by atoms with Gasteiger partial charge in [-0.1, -0.05) is 11.6 Å². The highest BCUT2D eigenvalue weighted by Gasteiger charge is 2.09. The van der Waals surface area contributed by atoms with Crippen LogP contribution in [0.1, 0.15) is 15.9 Å². The average molecular weight is 185 g/mol. The van der Waals surface area contributed by atoms with Crippen molar-refractivity contribution in [2.75, 3.05) is 5.73 Å². The maximum atomic E-state index is 10.8. The fraction of sp³-hybridized carbons (Fsp3) is 0.125. The number of halogens is 1. The minimum atomic E-state index is -0.535. The summed E-state index contributed by atoms with van der Waals surface area (Å²) in [5.41, 5.74) is 12.0. The summed E-state index contributed by atoms with van der Waals surface area (Å²) in [4.78, 5) is 10.8. The van der Waals surface area contributed by atoms with E-state index in [9.17, 15) is 4.79 Å². The van der Waals surface area contributed by atoms with Crippen LogP contribution in [0.5, 0.6) is 0 Å². The second-order valence-corrected chi connectivity index (χ2v) is 2.91. The number of carbonyl (C=O) groups excluding carboxylic acids is 1. The van der Waals surface area contributed by atoms with Crippen LogP contribution in [-0.2, 0) is 0 Å². The molecule has 0 aromatic heterocycles. The van der Waals surface area contributed by atoms with Crippen molar-refractivity contribution in [2.24, 2.45) is 5.73 Å². The largest absolute Gasteiger partial charge is 0.398 e. The Bertz CT molecular complexity index is 336. The molecule has 0 aliphatic rings. The number of nitrogens with two attached hydrogens (primary N) is 2. The van der Waals surface area contributed by atoms with Gasteiger partial charge in [0.15, 0.2) is 0 Å². The van der Waals surface area contributed by atoms with Crippen LogP contribution >= 0.6 is 11.6 Å². The lowest BCUT2D eigenvalue weighted by Gasteiger charge is -2.05. The lowest BCUT2D eigenvalue weighted by Crippen LogP contribution is -2.14. The molecule has 3 nitrogen and oxygen atoms in total. The highest BCUT2D eigenvalue weighted by atomic mass is 35.5. The van der Waals surface area contributed by atoms with Gasteiger partial charge in [-0.15, -0.1) is 0 Å². The summed E-state index contributed by atoms with van der Waals surface area (Å²) in [5, 5.41) is 0.539. The zero-order valence-corrected chi connectivity index (χ0v) is 7.35. The zero-order chi connectivity index (χ0) is 9.30. The second-order valence-electron chi connectivity index (χ2n) is 2.50. The molecule has 4 heteroatoms. The molecule has 0 saturated heterocycles. The Morgan fingerprint density at radius 2 is 2.08 bits per heavy atom. The summed E-state index contributed by atoms with van der Waals surface area (Å²) >= 11 is 5.76. The molecule has 0 atom stereocenters. The lowest BCUT2D eigenvalue weighted by molar-refractivity contribution is 0.100. The van der Waals surface area contributed by atoms with Crippen LogP contribution < -0.4 is 11.5 Å². The first-order valence-electron chi connectivity index (χ1n) is 3.38. The van der Waals surface area contributed by atoms with Crippen LogP contribution in [0.2, 0.25) is 5.02 Å². The Labute approximate surface area is 75.3 Å². The standard InChI is InChI=1S/C8H9ClN2O/c1-4-6(9)3-2-5(7(4)10)8(11)12/h2-3H,10H2,1H3,(H2,11,12). The van der Waals surface area contributed by atoms with Crippen molar-refractivity contribution in [1.82, 2.24) is 0 Å². The summed E-state index contributed by atoms with van der Waals surface area (Å²) in [6.07, 6.45) is 0. The molecule has 1 aromatic carbocycles. The first kappa shape index (κ1) is 8.87. The minimum absolute atomic E-state index is 0.317. The first-order chi connectivity index (χ1) is 5.54. The molecule has 0 bridgehead atoms. The van der Waals surface area contributed by atoms with E-state index in [1.54, 1.807) is 13.0 Å². The topological polar surface area (TPSA) is 69.1 Å². The molecule has 64 valence electrons. The molecular weight excluding hydrogens is 176 g/mol. The molecule has 1 aromatic rings. The van der Waals surface area contributed by atoms with Gasteiger partial charge in [-0.05, 0) is 24.6 Å². The third-order valence-corrected chi connectivity index (χ3v) is 2.12. The van der Waals surface area contributed by atoms with Crippen molar-refractivity contribution < 1.29 is 4.79 Å². The lowest BCUT2D eigenvalue weighted by atomic mass is 10.1. The Kier molecular flexibility index (Phi) is 2.24. The molecule has 0 saturated carbocycles. The number of anilines is 1. The van der Waals surface area contributed by atoms with E-state index in [-0.39, 0.29) is 0 Å². The highest BCUT2D eigenvalue weighted by Crippen LogP contribution is 2.24. The van der Waals surface area contributed by atoms with Gasteiger partial charge in [0.25, 0.3) is 5.91 Å². The Morgan fingerprint density at radius 1 is 1.50 bits per heavy atom. The highest BCUT2D eigenvalue weighted by molar-refractivity contribution is 6.32. The fourth-order valence-electron chi connectivity index (χ4n) is 0.917. The van der Waals surface area contributed by atoms with Gasteiger partial charge in [-0.3, -0.25) is 4.79 Å². The van der Waals surface area contributed by atoms with Gasteiger partial charge in [-0.25, -0.2) is 0 Å². The second kappa shape index (κ2) is 3.03. The number of nitrogen functional groups attached to an aromatic ring is 1. The maximum Gasteiger partial charge on any atom is 0.250 e. The molecule has 0 fully saturated rings. The molecule has 0 unspecified atom stereocenters. The molecule has 12 heavy (non-hydrogen) atoms. The fourth-order valence-corrected chi connectivity index (χ4v) is 1.08. The minimum Gasteiger partial charge on any atom is -0.398 e. The summed E-state index contributed by atoms with van der Waals surface area (Å²) in [6, 6.07) is 3.13. The number of carbonyl (C=O) groups is 1. The summed E-state index contributed by atoms with van der Waals surface area (Å²) in [6.45, 7) is 1.74. The molecule has 4 N–H and O–H groups in total. The van der Waals surface area contributed by atoms with Crippen LogP contribution in [-0.4, -0.2) is 5.91 Å². The van der Waals surface area contributed by atoms with E-state index in [1.807, 2.05) is 0 Å². The van der Waals surface area contributed by atoms with E-state index in [4.69, 9.17) is 23.1 Å². The Balaban J connectivity index is 3.36. The van der Waals surface area contributed by atoms with Gasteiger partial charge in [0.1, 0.15) is 0 Å². The molecule has 0 heterocycles. The number of primary amides is 1. The zero-order valence-electron chi connectivity index (χ0n) is 6.60. The average Bonchev–Trinajstić information content (AvgIpc) is 2.00. The summed E-state index contributed by atoms with van der Waals surface area (Å²) in [7, 11) is 0. The van der Waals surface area contributed by atoms with E-state index in [0.29, 0.717) is 21.8 Å². The van der Waals surface area contributed by atoms with Crippen LogP contribution in [0.3, 0.4) is 0 Å². The maximum absolute atomic E-state index is 10.8. The van der Waals surface area contributed by atoms with E-state index in [2.05, 4.69) is 0 Å². The molecule has 1 rings (SSSR count). The van der Waals surface area contributed by atoms with Crippen molar-refractivity contribution in [3.05, 3.63) is 28.3 Å². The Hall–Kier alpha value is -1.22. The van der Waals surface area contributed by atoms with E-state index in [1.165, 1.54) is 6.07 Å². The molecular formula is C8H9ClN2O. The number of benzene rings is 1. The molecule has 0 aliphatic carbocycles. The van der Waals surface area contributed by atoms with Gasteiger partial charge < -0.3 is 11.5 Å². The number of hydrogen-bond acceptors (Lipinski definition) is 2. The predicted molar refractivity (Wildman–Crippen MR) is 49.1 cm³/mol. The quantitative estimate of drug-likeness (QED) is 0.647. The molecule has 1 amide bonds. The van der Waals surface area contributed by atoms with Crippen molar-refractivity contribution in [1.29, 1.82) is 0 Å². The molecule has 0 aliphatic heterocycles. The summed E-state index contributed by atoms with van der Waals surface area (Å²) < 4.78 is 0. The van der Waals surface area contributed by atoms with Crippen molar-refractivity contribution in [2.45, 2.75) is 6.92 Å². The number of amides is 1. The Morgan fingerprint density at radius 3 is 2.58 bits per heavy atom. The smallest absolute Gasteiger partial charge is 0.250 e. The van der Waals surface area contributed by atoms with Gasteiger partial charge in [0, 0.05) is 10.7 Å². The first-order valence-corrected chi connectivity index (χ1v) is 3.76. The third kappa shape index (κ3) is 1.36. The predicted octanol–water partition coefficient (Wildman–Crippen LogP) is 1.33. The van der Waals surface area contributed by atoms with Gasteiger partial charge in [0.2, 0.25) is 0 Å². The van der Waals surface area contributed by atoms with Crippen LogP contribution in [0.4, 0.5) is 5.69 Å². The van der Waals surface area contributed by atoms with Crippen molar-refractivity contribution >= 4 is 23.2 Å². The van der Waals surface area contributed by atoms with Crippen molar-refractivity contribution in [3.8, 4) is 0 Å². The SMILES string of the molecule is Cc1c(Cl)ccc(C(N)=O)c1N. The molecule has 0 radical (unpaired) electrons. The summed E-state index contributed by atoms with van der Waals surface area (Å²) in [5.74, 6) is -0.535.